The Balaban J connectivity index is 1.71. The predicted octanol–water partition coefficient (Wildman–Crippen LogP) is 4.85. The van der Waals surface area contributed by atoms with Crippen molar-refractivity contribution in [3.63, 3.8) is 0 Å². The number of carbonyl (C=O) groups excluding carboxylic acids is 1. The monoisotopic (exact) mass is 396 g/mol. The zero-order valence-electron chi connectivity index (χ0n) is 13.9. The maximum absolute atomic E-state index is 12.3. The molecule has 2 aromatic carbocycles. The number of hydrogen-bond donors (Lipinski definition) is 2. The maximum Gasteiger partial charge on any atom is 0.255 e. The molecule has 1 amide bonds. The highest BCUT2D eigenvalue weighted by Crippen LogP contribution is 2.22. The van der Waals surface area contributed by atoms with Crippen molar-refractivity contribution in [2.75, 3.05) is 10.6 Å². The third kappa shape index (κ3) is 4.42. The Morgan fingerprint density at radius 2 is 1.60 bits per heavy atom. The largest absolute Gasteiger partial charge is 0.324 e. The Morgan fingerprint density at radius 3 is 2.24 bits per heavy atom. The van der Waals surface area contributed by atoms with Gasteiger partial charge in [0.25, 0.3) is 5.91 Å². The third-order valence-electron chi connectivity index (χ3n) is 3.51. The topological polar surface area (TPSA) is 66.9 Å². The molecular weight excluding hydrogens is 380 g/mol. The number of aromatic nitrogens is 2. The van der Waals surface area contributed by atoms with Crippen LogP contribution in [0.15, 0.2) is 59.1 Å². The SMILES string of the molecule is Cc1cc(C)nc(Nc2ccc(C(=O)Nc3ccccc3Br)cc2)n1. The summed E-state index contributed by atoms with van der Waals surface area (Å²) in [6.45, 7) is 3.85. The molecule has 0 unspecified atom stereocenters. The lowest BCUT2D eigenvalue weighted by Crippen LogP contribution is -2.12. The van der Waals surface area contributed by atoms with E-state index in [4.69, 9.17) is 0 Å². The molecule has 0 bridgehead atoms. The zero-order valence-corrected chi connectivity index (χ0v) is 15.5. The van der Waals surface area contributed by atoms with Crippen molar-refractivity contribution < 1.29 is 4.79 Å². The van der Waals surface area contributed by atoms with Gasteiger partial charge in [-0.05, 0) is 72.2 Å². The molecule has 126 valence electrons. The van der Waals surface area contributed by atoms with Crippen LogP contribution in [0.3, 0.4) is 0 Å². The lowest BCUT2D eigenvalue weighted by Gasteiger charge is -2.09. The number of amides is 1. The molecule has 25 heavy (non-hydrogen) atoms. The summed E-state index contributed by atoms with van der Waals surface area (Å²) in [5.41, 5.74) is 3.93. The normalized spacial score (nSPS) is 10.4. The summed E-state index contributed by atoms with van der Waals surface area (Å²) in [6, 6.07) is 16.6. The smallest absolute Gasteiger partial charge is 0.255 e. The van der Waals surface area contributed by atoms with E-state index < -0.39 is 0 Å². The highest BCUT2D eigenvalue weighted by atomic mass is 79.9. The summed E-state index contributed by atoms with van der Waals surface area (Å²) >= 11 is 3.42. The van der Waals surface area contributed by atoms with Crippen LogP contribution in [-0.2, 0) is 0 Å². The standard InChI is InChI=1S/C19H17BrN4O/c1-12-11-13(2)22-19(21-12)23-15-9-7-14(8-10-15)18(25)24-17-6-4-3-5-16(17)20/h3-11H,1-2H3,(H,24,25)(H,21,22,23). The first-order valence-corrected chi connectivity index (χ1v) is 8.56. The average molecular weight is 397 g/mol. The molecule has 0 atom stereocenters. The van der Waals surface area contributed by atoms with Crippen LogP contribution in [0.25, 0.3) is 0 Å². The number of para-hydroxylation sites is 1. The van der Waals surface area contributed by atoms with Gasteiger partial charge in [0.15, 0.2) is 0 Å². The molecule has 0 radical (unpaired) electrons. The molecule has 0 spiro atoms. The van der Waals surface area contributed by atoms with Crippen LogP contribution in [0.5, 0.6) is 0 Å². The first-order valence-electron chi connectivity index (χ1n) is 7.76. The molecule has 0 aliphatic heterocycles. The van der Waals surface area contributed by atoms with Crippen LogP contribution in [0, 0.1) is 13.8 Å². The summed E-state index contributed by atoms with van der Waals surface area (Å²) in [5.74, 6) is 0.379. The number of nitrogens with zero attached hydrogens (tertiary/aromatic N) is 2. The maximum atomic E-state index is 12.3. The minimum absolute atomic E-state index is 0.166. The fourth-order valence-electron chi connectivity index (χ4n) is 2.37. The van der Waals surface area contributed by atoms with Gasteiger partial charge in [0.05, 0.1) is 5.69 Å². The van der Waals surface area contributed by atoms with Gasteiger partial charge in [-0.15, -0.1) is 0 Å². The third-order valence-corrected chi connectivity index (χ3v) is 4.20. The molecule has 1 heterocycles. The Bertz CT molecular complexity index is 889. The quantitative estimate of drug-likeness (QED) is 0.661. The molecule has 2 N–H and O–H groups in total. The van der Waals surface area contributed by atoms with E-state index in [1.807, 2.05) is 56.3 Å². The lowest BCUT2D eigenvalue weighted by molar-refractivity contribution is 0.102. The molecule has 0 aliphatic rings. The minimum Gasteiger partial charge on any atom is -0.324 e. The van der Waals surface area contributed by atoms with Gasteiger partial charge in [-0.25, -0.2) is 9.97 Å². The van der Waals surface area contributed by atoms with Gasteiger partial charge in [0.2, 0.25) is 5.95 Å². The fraction of sp³-hybridized carbons (Fsp3) is 0.105. The molecule has 0 aliphatic carbocycles. The van der Waals surface area contributed by atoms with Crippen molar-refractivity contribution in [3.05, 3.63) is 76.0 Å². The first kappa shape index (κ1) is 17.1. The van der Waals surface area contributed by atoms with Crippen molar-refractivity contribution in [2.24, 2.45) is 0 Å². The van der Waals surface area contributed by atoms with E-state index in [9.17, 15) is 4.79 Å². The highest BCUT2D eigenvalue weighted by Gasteiger charge is 2.08. The fourth-order valence-corrected chi connectivity index (χ4v) is 2.76. The number of rotatable bonds is 4. The summed E-state index contributed by atoms with van der Waals surface area (Å²) < 4.78 is 0.841. The summed E-state index contributed by atoms with van der Waals surface area (Å²) in [5, 5.41) is 6.03. The lowest BCUT2D eigenvalue weighted by atomic mass is 10.2. The second-order valence-electron chi connectivity index (χ2n) is 5.61. The van der Waals surface area contributed by atoms with Crippen molar-refractivity contribution in [3.8, 4) is 0 Å². The van der Waals surface area contributed by atoms with Crippen LogP contribution in [0.1, 0.15) is 21.7 Å². The van der Waals surface area contributed by atoms with Crippen molar-refractivity contribution >= 4 is 39.2 Å². The number of benzene rings is 2. The Hall–Kier alpha value is -2.73. The van der Waals surface area contributed by atoms with Gasteiger partial charge in [-0.3, -0.25) is 4.79 Å². The molecule has 6 heteroatoms. The van der Waals surface area contributed by atoms with Crippen LogP contribution < -0.4 is 10.6 Å². The molecule has 0 saturated carbocycles. The molecule has 0 saturated heterocycles. The van der Waals surface area contributed by atoms with Crippen LogP contribution >= 0.6 is 15.9 Å². The molecule has 5 nitrogen and oxygen atoms in total. The molecule has 3 rings (SSSR count). The highest BCUT2D eigenvalue weighted by molar-refractivity contribution is 9.10. The zero-order chi connectivity index (χ0) is 17.8. The van der Waals surface area contributed by atoms with Crippen LogP contribution in [-0.4, -0.2) is 15.9 Å². The Kier molecular flexibility index (Phi) is 5.09. The Labute approximate surface area is 154 Å². The van der Waals surface area contributed by atoms with Gasteiger partial charge < -0.3 is 10.6 Å². The summed E-state index contributed by atoms with van der Waals surface area (Å²) in [7, 11) is 0. The summed E-state index contributed by atoms with van der Waals surface area (Å²) in [4.78, 5) is 21.0. The number of halogens is 1. The van der Waals surface area contributed by atoms with Crippen molar-refractivity contribution in [2.45, 2.75) is 13.8 Å². The molecule has 0 fully saturated rings. The second-order valence-corrected chi connectivity index (χ2v) is 6.46. The van der Waals surface area contributed by atoms with E-state index >= 15 is 0 Å². The van der Waals surface area contributed by atoms with E-state index in [2.05, 4.69) is 36.5 Å². The van der Waals surface area contributed by atoms with E-state index in [1.54, 1.807) is 12.1 Å². The van der Waals surface area contributed by atoms with Gasteiger partial charge in [-0.2, -0.15) is 0 Å². The van der Waals surface area contributed by atoms with Crippen LogP contribution in [0.4, 0.5) is 17.3 Å². The molecule has 3 aromatic rings. The average Bonchev–Trinajstić information content (AvgIpc) is 2.56. The van der Waals surface area contributed by atoms with Gasteiger partial charge in [0.1, 0.15) is 0 Å². The second kappa shape index (κ2) is 7.44. The van der Waals surface area contributed by atoms with Crippen molar-refractivity contribution in [1.29, 1.82) is 0 Å². The Morgan fingerprint density at radius 1 is 0.960 bits per heavy atom. The van der Waals surface area contributed by atoms with Gasteiger partial charge in [-0.1, -0.05) is 12.1 Å². The van der Waals surface area contributed by atoms with Gasteiger partial charge in [0, 0.05) is 27.1 Å². The molecular formula is C19H17BrN4O. The number of anilines is 3. The van der Waals surface area contributed by atoms with Crippen LogP contribution in [0.2, 0.25) is 0 Å². The minimum atomic E-state index is -0.166. The summed E-state index contributed by atoms with van der Waals surface area (Å²) in [6.07, 6.45) is 0. The number of carbonyl (C=O) groups is 1. The van der Waals surface area contributed by atoms with Gasteiger partial charge >= 0.3 is 0 Å². The van der Waals surface area contributed by atoms with Crippen molar-refractivity contribution in [1.82, 2.24) is 9.97 Å². The van der Waals surface area contributed by atoms with E-state index in [-0.39, 0.29) is 5.91 Å². The predicted molar refractivity (Wildman–Crippen MR) is 103 cm³/mol. The number of nitrogens with one attached hydrogen (secondary N) is 2. The molecule has 1 aromatic heterocycles. The first-order chi connectivity index (χ1) is 12.0. The number of aryl methyl sites for hydroxylation is 2. The van der Waals surface area contributed by atoms with E-state index in [1.165, 1.54) is 0 Å². The number of hydrogen-bond acceptors (Lipinski definition) is 4. The van der Waals surface area contributed by atoms with E-state index in [0.717, 1.165) is 27.2 Å². The van der Waals surface area contributed by atoms with E-state index in [0.29, 0.717) is 11.5 Å².